The number of carbonyl (C=O) groups is 4. The minimum absolute atomic E-state index is 0.0440. The number of piperidine rings is 1. The molecule has 0 aromatic heterocycles. The van der Waals surface area contributed by atoms with E-state index in [1.807, 2.05) is 74.5 Å². The fraction of sp³-hybridized carbons (Fsp3) is 0.579. The number of nitrogens with zero attached hydrogens (tertiary/aromatic N) is 1. The van der Waals surface area contributed by atoms with Crippen LogP contribution < -0.4 is 26.2 Å². The van der Waals surface area contributed by atoms with Gasteiger partial charge in [0.15, 0.2) is 11.6 Å². The number of unbranched alkanes of at least 4 members (excludes halogenated alkanes) is 1. The van der Waals surface area contributed by atoms with E-state index in [0.29, 0.717) is 71.0 Å². The van der Waals surface area contributed by atoms with E-state index in [1.54, 1.807) is 4.90 Å². The molecular weight excluding hydrogens is 669 g/mol. The molecule has 3 rings (SSSR count). The van der Waals surface area contributed by atoms with Crippen molar-refractivity contribution in [2.75, 3.05) is 26.7 Å². The summed E-state index contributed by atoms with van der Waals surface area (Å²) in [6.45, 7) is 5.14. The SMILES string of the molecule is CNS(=O)(=O)NC1CCN(C(=O)[C@@H](CCCCN)CC(=O)[C@@H](CC(C)C)NC(=O)[C@H](CC(=O)[C@H](N)Cc2ccccc2)Cc2ccccc2)CC1. The lowest BCUT2D eigenvalue weighted by molar-refractivity contribution is -0.140. The van der Waals surface area contributed by atoms with Crippen LogP contribution in [0.2, 0.25) is 0 Å². The van der Waals surface area contributed by atoms with Crippen molar-refractivity contribution in [3.8, 4) is 0 Å². The van der Waals surface area contributed by atoms with Crippen LogP contribution in [0.1, 0.15) is 76.3 Å². The Hall–Kier alpha value is -3.49. The molecule has 2 amide bonds. The highest BCUT2D eigenvalue weighted by Gasteiger charge is 2.34. The Balaban J connectivity index is 1.74. The number of rotatable bonds is 22. The summed E-state index contributed by atoms with van der Waals surface area (Å²) in [4.78, 5) is 56.9. The van der Waals surface area contributed by atoms with Gasteiger partial charge >= 0.3 is 0 Å². The van der Waals surface area contributed by atoms with E-state index in [0.717, 1.165) is 11.1 Å². The van der Waals surface area contributed by atoms with E-state index >= 15 is 0 Å². The maximum absolute atomic E-state index is 14.0. The van der Waals surface area contributed by atoms with Gasteiger partial charge in [0.25, 0.3) is 10.2 Å². The van der Waals surface area contributed by atoms with E-state index in [1.165, 1.54) is 7.05 Å². The number of carbonyl (C=O) groups excluding carboxylic acids is 4. The van der Waals surface area contributed by atoms with E-state index in [-0.39, 0.29) is 42.3 Å². The molecule has 0 unspecified atom stereocenters. The lowest BCUT2D eigenvalue weighted by Gasteiger charge is -2.34. The highest BCUT2D eigenvalue weighted by molar-refractivity contribution is 7.87. The number of likely N-dealkylation sites (tertiary alicyclic amines) is 1. The summed E-state index contributed by atoms with van der Waals surface area (Å²) >= 11 is 0. The molecule has 282 valence electrons. The molecule has 1 heterocycles. The Morgan fingerprint density at radius 3 is 1.96 bits per heavy atom. The summed E-state index contributed by atoms with van der Waals surface area (Å²) in [7, 11) is -2.26. The van der Waals surface area contributed by atoms with Crippen LogP contribution in [0.5, 0.6) is 0 Å². The molecule has 7 N–H and O–H groups in total. The lowest BCUT2D eigenvalue weighted by Crippen LogP contribution is -2.50. The number of ketones is 2. The standard InChI is InChI=1S/C38H58N6O6S/c1-27(2)22-34(36(46)25-30(16-10-11-19-39)38(48)44-20-17-32(18-21-44)43-51(49,50)41-3)42-37(47)31(23-28-12-6-4-7-13-28)26-35(45)33(40)24-29-14-8-5-9-15-29/h4-9,12-15,27,30-34,41,43H,10-11,16-26,39-40H2,1-3H3,(H,42,47)/t30-,31-,33+,34+/m0/s1. The zero-order valence-electron chi connectivity index (χ0n) is 30.4. The van der Waals surface area contributed by atoms with Crippen molar-refractivity contribution >= 4 is 33.6 Å². The predicted octanol–water partition coefficient (Wildman–Crippen LogP) is 2.65. The summed E-state index contributed by atoms with van der Waals surface area (Å²) in [5.74, 6) is -2.27. The molecule has 1 aliphatic heterocycles. The second-order valence-electron chi connectivity index (χ2n) is 14.1. The normalized spacial score (nSPS) is 16.3. The molecule has 0 bridgehead atoms. The van der Waals surface area contributed by atoms with Crippen molar-refractivity contribution in [3.05, 3.63) is 71.8 Å². The van der Waals surface area contributed by atoms with Crippen molar-refractivity contribution < 1.29 is 27.6 Å². The molecule has 1 fully saturated rings. The van der Waals surface area contributed by atoms with Gasteiger partial charge in [-0.3, -0.25) is 19.2 Å². The third-order valence-electron chi connectivity index (χ3n) is 9.47. The monoisotopic (exact) mass is 726 g/mol. The fourth-order valence-corrected chi connectivity index (χ4v) is 7.34. The number of Topliss-reactive ketones (excluding diaryl/α,β-unsaturated/α-hetero) is 2. The highest BCUT2D eigenvalue weighted by atomic mass is 32.2. The van der Waals surface area contributed by atoms with Gasteiger partial charge in [0, 0.05) is 50.9 Å². The Kier molecular flexibility index (Phi) is 17.4. The summed E-state index contributed by atoms with van der Waals surface area (Å²) < 4.78 is 28.8. The van der Waals surface area contributed by atoms with Crippen LogP contribution in [0.25, 0.3) is 0 Å². The summed E-state index contributed by atoms with van der Waals surface area (Å²) in [6.07, 6.45) is 3.69. The molecule has 2 aromatic carbocycles. The van der Waals surface area contributed by atoms with Gasteiger partial charge in [-0.1, -0.05) is 80.9 Å². The largest absolute Gasteiger partial charge is 0.346 e. The van der Waals surface area contributed by atoms with Gasteiger partial charge in [-0.25, -0.2) is 4.72 Å². The lowest BCUT2D eigenvalue weighted by atomic mass is 9.87. The van der Waals surface area contributed by atoms with Crippen LogP contribution in [-0.2, 0) is 42.2 Å². The number of nitrogens with two attached hydrogens (primary N) is 2. The minimum atomic E-state index is -3.60. The van der Waals surface area contributed by atoms with E-state index in [2.05, 4.69) is 14.8 Å². The van der Waals surface area contributed by atoms with E-state index in [9.17, 15) is 27.6 Å². The number of nitrogens with one attached hydrogen (secondary N) is 3. The van der Waals surface area contributed by atoms with Gasteiger partial charge in [-0.2, -0.15) is 13.1 Å². The fourth-order valence-electron chi connectivity index (χ4n) is 6.55. The third-order valence-corrected chi connectivity index (χ3v) is 10.6. The summed E-state index contributed by atoms with van der Waals surface area (Å²) in [6, 6.07) is 17.0. The molecule has 0 saturated carbocycles. The van der Waals surface area contributed by atoms with Crippen LogP contribution >= 0.6 is 0 Å². The summed E-state index contributed by atoms with van der Waals surface area (Å²) in [5.41, 5.74) is 13.9. The first-order valence-corrected chi connectivity index (χ1v) is 19.7. The molecule has 4 atom stereocenters. The van der Waals surface area contributed by atoms with Gasteiger partial charge in [-0.05, 0) is 68.5 Å². The van der Waals surface area contributed by atoms with E-state index in [4.69, 9.17) is 11.5 Å². The average molecular weight is 727 g/mol. The first-order chi connectivity index (χ1) is 24.3. The van der Waals surface area contributed by atoms with Crippen LogP contribution in [0.15, 0.2) is 60.7 Å². The van der Waals surface area contributed by atoms with Crippen molar-refractivity contribution in [3.63, 3.8) is 0 Å². The number of hydrogen-bond donors (Lipinski definition) is 5. The Bertz CT molecular complexity index is 1500. The molecule has 13 heteroatoms. The zero-order chi connectivity index (χ0) is 37.4. The summed E-state index contributed by atoms with van der Waals surface area (Å²) in [5, 5.41) is 2.99. The van der Waals surface area contributed by atoms with Gasteiger partial charge in [-0.15, -0.1) is 0 Å². The van der Waals surface area contributed by atoms with Crippen molar-refractivity contribution in [1.29, 1.82) is 0 Å². The maximum atomic E-state index is 14.0. The van der Waals surface area contributed by atoms with Gasteiger partial charge in [0.2, 0.25) is 11.8 Å². The molecule has 1 saturated heterocycles. The van der Waals surface area contributed by atoms with Crippen molar-refractivity contribution in [2.45, 2.75) is 96.2 Å². The molecule has 0 aliphatic carbocycles. The Morgan fingerprint density at radius 1 is 0.843 bits per heavy atom. The number of hydrogen-bond acceptors (Lipinski definition) is 8. The first-order valence-electron chi connectivity index (χ1n) is 18.2. The first kappa shape index (κ1) is 41.9. The molecule has 0 radical (unpaired) electrons. The quantitative estimate of drug-likeness (QED) is 0.114. The Labute approximate surface area is 304 Å². The van der Waals surface area contributed by atoms with E-state index < -0.39 is 40.0 Å². The smallest absolute Gasteiger partial charge is 0.276 e. The second kappa shape index (κ2) is 21.1. The highest BCUT2D eigenvalue weighted by Crippen LogP contribution is 2.23. The van der Waals surface area contributed by atoms with Crippen molar-refractivity contribution in [1.82, 2.24) is 19.7 Å². The molecule has 2 aromatic rings. The average Bonchev–Trinajstić information content (AvgIpc) is 3.11. The van der Waals surface area contributed by atoms with Crippen LogP contribution in [0, 0.1) is 17.8 Å². The molecular formula is C38H58N6O6S. The predicted molar refractivity (Wildman–Crippen MR) is 200 cm³/mol. The van der Waals surface area contributed by atoms with Gasteiger partial charge < -0.3 is 21.7 Å². The van der Waals surface area contributed by atoms with Gasteiger partial charge in [0.1, 0.15) is 0 Å². The molecule has 1 aliphatic rings. The van der Waals surface area contributed by atoms with Gasteiger partial charge in [0.05, 0.1) is 12.1 Å². The third kappa shape index (κ3) is 14.6. The molecule has 12 nitrogen and oxygen atoms in total. The molecule has 51 heavy (non-hydrogen) atoms. The van der Waals surface area contributed by atoms with Crippen LogP contribution in [-0.4, -0.2) is 81.5 Å². The second-order valence-corrected chi connectivity index (χ2v) is 15.8. The van der Waals surface area contributed by atoms with Crippen molar-refractivity contribution in [2.24, 2.45) is 29.2 Å². The van der Waals surface area contributed by atoms with Crippen LogP contribution in [0.3, 0.4) is 0 Å². The zero-order valence-corrected chi connectivity index (χ0v) is 31.2. The number of benzene rings is 2. The Morgan fingerprint density at radius 2 is 1.41 bits per heavy atom. The number of amides is 2. The minimum Gasteiger partial charge on any atom is -0.346 e. The molecule has 0 spiro atoms. The topological polar surface area (TPSA) is 194 Å². The van der Waals surface area contributed by atoms with Crippen LogP contribution in [0.4, 0.5) is 0 Å². The maximum Gasteiger partial charge on any atom is 0.276 e.